The van der Waals surface area contributed by atoms with Gasteiger partial charge in [0, 0.05) is 31.3 Å². The fourth-order valence-electron chi connectivity index (χ4n) is 4.45. The number of methoxy groups -OCH3 is 2. The highest BCUT2D eigenvalue weighted by Crippen LogP contribution is 2.31. The van der Waals surface area contributed by atoms with Crippen molar-refractivity contribution < 1.29 is 23.7 Å². The molecule has 3 aromatic carbocycles. The molecule has 0 amide bonds. The zero-order chi connectivity index (χ0) is 28.3. The standard InChI is InChI=1S/C25H33NO5.C8H10/c1-25(2,3)31-24(27)20-11-12-23-19(13-20)10-9-18(15-26(23)17-28-4)16-30-22-8-6-7-21(14-22)29-5;1-2-8-6-4-3-5-7-8/h6-8,11-14,18H,9-10,15-17H2,1-5H3;3-7H,2H2,1H3. The molecule has 1 aliphatic heterocycles. The highest BCUT2D eigenvalue weighted by molar-refractivity contribution is 5.90. The van der Waals surface area contributed by atoms with Crippen molar-refractivity contribution in [3.05, 3.63) is 89.5 Å². The van der Waals surface area contributed by atoms with Gasteiger partial charge in [0.05, 0.1) is 19.3 Å². The molecule has 4 rings (SSSR count). The molecule has 6 nitrogen and oxygen atoms in total. The number of fused-ring (bicyclic) bond motifs is 1. The number of ether oxygens (including phenoxy) is 4. The summed E-state index contributed by atoms with van der Waals surface area (Å²) in [5.41, 5.74) is 3.70. The molecule has 1 unspecified atom stereocenters. The molecule has 1 aliphatic rings. The number of aryl methyl sites for hydroxylation is 2. The Morgan fingerprint density at radius 1 is 0.949 bits per heavy atom. The second-order valence-electron chi connectivity index (χ2n) is 10.7. The first-order chi connectivity index (χ1) is 18.7. The molecule has 0 radical (unpaired) electrons. The van der Waals surface area contributed by atoms with Gasteiger partial charge in [0.15, 0.2) is 0 Å². The number of benzene rings is 3. The lowest BCUT2D eigenvalue weighted by Gasteiger charge is -2.27. The van der Waals surface area contributed by atoms with E-state index in [9.17, 15) is 4.79 Å². The fourth-order valence-corrected chi connectivity index (χ4v) is 4.45. The molecule has 1 heterocycles. The average molecular weight is 534 g/mol. The summed E-state index contributed by atoms with van der Waals surface area (Å²) in [7, 11) is 3.34. The van der Waals surface area contributed by atoms with E-state index in [1.54, 1.807) is 14.2 Å². The van der Waals surface area contributed by atoms with Crippen LogP contribution in [0.3, 0.4) is 0 Å². The van der Waals surface area contributed by atoms with Gasteiger partial charge in [-0.1, -0.05) is 43.3 Å². The summed E-state index contributed by atoms with van der Waals surface area (Å²) in [6.45, 7) is 9.69. The van der Waals surface area contributed by atoms with E-state index in [1.807, 2.05) is 69.3 Å². The molecule has 1 atom stereocenters. The van der Waals surface area contributed by atoms with Gasteiger partial charge in [-0.25, -0.2) is 4.79 Å². The number of rotatable bonds is 8. The van der Waals surface area contributed by atoms with Crippen molar-refractivity contribution in [2.45, 2.75) is 52.6 Å². The van der Waals surface area contributed by atoms with Crippen LogP contribution in [0.15, 0.2) is 72.8 Å². The maximum Gasteiger partial charge on any atom is 0.338 e. The third-order valence-electron chi connectivity index (χ3n) is 6.42. The van der Waals surface area contributed by atoms with Crippen LogP contribution in [0.4, 0.5) is 5.69 Å². The monoisotopic (exact) mass is 533 g/mol. The van der Waals surface area contributed by atoms with Crippen molar-refractivity contribution >= 4 is 11.7 Å². The average Bonchev–Trinajstić information content (AvgIpc) is 3.11. The largest absolute Gasteiger partial charge is 0.497 e. The summed E-state index contributed by atoms with van der Waals surface area (Å²) in [5, 5.41) is 0. The molecule has 0 spiro atoms. The van der Waals surface area contributed by atoms with Gasteiger partial charge in [0.2, 0.25) is 0 Å². The van der Waals surface area contributed by atoms with Crippen LogP contribution in [0, 0.1) is 5.92 Å². The Kier molecular flexibility index (Phi) is 11.2. The number of anilines is 1. The molecule has 0 bridgehead atoms. The maximum atomic E-state index is 12.5. The smallest absolute Gasteiger partial charge is 0.338 e. The molecule has 39 heavy (non-hydrogen) atoms. The van der Waals surface area contributed by atoms with Gasteiger partial charge in [0.25, 0.3) is 0 Å². The van der Waals surface area contributed by atoms with Gasteiger partial charge >= 0.3 is 5.97 Å². The zero-order valence-corrected chi connectivity index (χ0v) is 24.2. The fraction of sp³-hybridized carbons (Fsp3) is 0.424. The first-order valence-electron chi connectivity index (χ1n) is 13.6. The molecule has 0 saturated heterocycles. The minimum atomic E-state index is -0.519. The van der Waals surface area contributed by atoms with Crippen LogP contribution in [-0.4, -0.2) is 45.7 Å². The molecule has 0 N–H and O–H groups in total. The predicted molar refractivity (Wildman–Crippen MR) is 157 cm³/mol. The normalized spacial score (nSPS) is 14.8. The van der Waals surface area contributed by atoms with Gasteiger partial charge in [-0.15, -0.1) is 0 Å². The third-order valence-corrected chi connectivity index (χ3v) is 6.42. The van der Waals surface area contributed by atoms with Crippen molar-refractivity contribution in [2.75, 3.05) is 39.0 Å². The van der Waals surface area contributed by atoms with Gasteiger partial charge in [-0.3, -0.25) is 0 Å². The van der Waals surface area contributed by atoms with E-state index < -0.39 is 5.60 Å². The highest BCUT2D eigenvalue weighted by atomic mass is 16.6. The van der Waals surface area contributed by atoms with Crippen molar-refractivity contribution in [3.63, 3.8) is 0 Å². The summed E-state index contributed by atoms with van der Waals surface area (Å²) < 4.78 is 22.3. The minimum absolute atomic E-state index is 0.296. The van der Waals surface area contributed by atoms with E-state index in [1.165, 1.54) is 5.56 Å². The van der Waals surface area contributed by atoms with E-state index in [4.69, 9.17) is 18.9 Å². The van der Waals surface area contributed by atoms with E-state index in [2.05, 4.69) is 36.1 Å². The third kappa shape index (κ3) is 9.63. The number of carbonyl (C=O) groups excluding carboxylic acids is 1. The minimum Gasteiger partial charge on any atom is -0.497 e. The van der Waals surface area contributed by atoms with Crippen molar-refractivity contribution in [1.82, 2.24) is 0 Å². The van der Waals surface area contributed by atoms with E-state index >= 15 is 0 Å². The Balaban J connectivity index is 0.000000449. The predicted octanol–water partition coefficient (Wildman–Crippen LogP) is 6.95. The van der Waals surface area contributed by atoms with E-state index in [0.717, 1.165) is 48.6 Å². The van der Waals surface area contributed by atoms with Gasteiger partial charge in [0.1, 0.15) is 23.8 Å². The van der Waals surface area contributed by atoms with Crippen LogP contribution >= 0.6 is 0 Å². The highest BCUT2D eigenvalue weighted by Gasteiger charge is 2.25. The zero-order valence-electron chi connectivity index (χ0n) is 24.2. The summed E-state index contributed by atoms with van der Waals surface area (Å²) in [4.78, 5) is 14.7. The molecule has 0 fully saturated rings. The van der Waals surface area contributed by atoms with Crippen LogP contribution in [0.2, 0.25) is 0 Å². The number of hydrogen-bond donors (Lipinski definition) is 0. The topological polar surface area (TPSA) is 57.2 Å². The second-order valence-corrected chi connectivity index (χ2v) is 10.7. The summed E-state index contributed by atoms with van der Waals surface area (Å²) >= 11 is 0. The van der Waals surface area contributed by atoms with E-state index in [0.29, 0.717) is 24.8 Å². The Hall–Kier alpha value is -3.51. The molecule has 210 valence electrons. The summed E-state index contributed by atoms with van der Waals surface area (Å²) in [5.74, 6) is 1.60. The van der Waals surface area contributed by atoms with Gasteiger partial charge < -0.3 is 23.8 Å². The van der Waals surface area contributed by atoms with Crippen LogP contribution in [0.5, 0.6) is 11.5 Å². The maximum absolute atomic E-state index is 12.5. The molecule has 0 aliphatic carbocycles. The van der Waals surface area contributed by atoms with Crippen molar-refractivity contribution in [1.29, 1.82) is 0 Å². The Labute approximate surface area is 233 Å². The summed E-state index contributed by atoms with van der Waals surface area (Å²) in [6, 6.07) is 23.9. The number of esters is 1. The Morgan fingerprint density at radius 2 is 1.69 bits per heavy atom. The lowest BCUT2D eigenvalue weighted by Crippen LogP contribution is -2.32. The first kappa shape index (κ1) is 30.0. The van der Waals surface area contributed by atoms with Crippen LogP contribution in [0.1, 0.15) is 55.6 Å². The quantitative estimate of drug-likeness (QED) is 0.292. The van der Waals surface area contributed by atoms with Gasteiger partial charge in [-0.2, -0.15) is 0 Å². The molecule has 6 heteroatoms. The van der Waals surface area contributed by atoms with Crippen LogP contribution in [0.25, 0.3) is 0 Å². The van der Waals surface area contributed by atoms with Crippen LogP contribution < -0.4 is 14.4 Å². The van der Waals surface area contributed by atoms with Crippen LogP contribution in [-0.2, 0) is 22.3 Å². The molecule has 0 saturated carbocycles. The van der Waals surface area contributed by atoms with Crippen molar-refractivity contribution in [3.8, 4) is 11.5 Å². The summed E-state index contributed by atoms with van der Waals surface area (Å²) in [6.07, 6.45) is 2.95. The lowest BCUT2D eigenvalue weighted by molar-refractivity contribution is 0.00694. The number of nitrogens with zero attached hydrogens (tertiary/aromatic N) is 1. The molecule has 3 aromatic rings. The number of hydrogen-bond acceptors (Lipinski definition) is 6. The molecular weight excluding hydrogens is 490 g/mol. The van der Waals surface area contributed by atoms with Gasteiger partial charge in [-0.05, 0) is 81.5 Å². The number of carbonyl (C=O) groups is 1. The lowest BCUT2D eigenvalue weighted by atomic mass is 10.0. The second kappa shape index (κ2) is 14.6. The molecular formula is C33H43NO5. The Morgan fingerprint density at radius 3 is 2.33 bits per heavy atom. The SMILES string of the molecule is CCc1ccccc1.COCN1CC(COc2cccc(OC)c2)CCc2cc(C(=O)OC(C)(C)C)ccc21. The van der Waals surface area contributed by atoms with Crippen molar-refractivity contribution in [2.24, 2.45) is 5.92 Å². The van der Waals surface area contributed by atoms with E-state index in [-0.39, 0.29) is 5.97 Å². The molecule has 0 aromatic heterocycles. The first-order valence-corrected chi connectivity index (χ1v) is 13.6. The Bertz CT molecular complexity index is 1170.